The Morgan fingerprint density at radius 3 is 2.68 bits per heavy atom. The minimum absolute atomic E-state index is 0.0180. The second kappa shape index (κ2) is 7.69. The normalized spacial score (nSPS) is 11.0. The summed E-state index contributed by atoms with van der Waals surface area (Å²) in [6.45, 7) is 3.55. The highest BCUT2D eigenvalue weighted by atomic mass is 16.5. The first kappa shape index (κ1) is 18.3. The maximum absolute atomic E-state index is 12.2. The fourth-order valence-corrected chi connectivity index (χ4v) is 2.28. The summed E-state index contributed by atoms with van der Waals surface area (Å²) in [5.41, 5.74) is 0.632. The van der Waals surface area contributed by atoms with Gasteiger partial charge in [-0.2, -0.15) is 5.10 Å². The molecule has 1 aromatic carbocycles. The van der Waals surface area contributed by atoms with Crippen molar-refractivity contribution in [2.75, 3.05) is 12.4 Å². The molecular weight excluding hydrogens is 324 g/mol. The molecule has 0 saturated carbocycles. The zero-order valence-electron chi connectivity index (χ0n) is 14.4. The molecule has 25 heavy (non-hydrogen) atoms. The Hall–Kier alpha value is -3.03. The van der Waals surface area contributed by atoms with Crippen molar-refractivity contribution < 1.29 is 19.4 Å². The number of carbonyl (C=O) groups is 2. The highest BCUT2D eigenvalue weighted by Gasteiger charge is 2.21. The van der Waals surface area contributed by atoms with Gasteiger partial charge in [0.05, 0.1) is 12.8 Å². The van der Waals surface area contributed by atoms with Gasteiger partial charge in [-0.25, -0.2) is 9.48 Å². The number of amides is 2. The first-order chi connectivity index (χ1) is 11.8. The average Bonchev–Trinajstić information content (AvgIpc) is 3.06. The summed E-state index contributed by atoms with van der Waals surface area (Å²) in [6.07, 6.45) is 3.75. The third kappa shape index (κ3) is 5.52. The summed E-state index contributed by atoms with van der Waals surface area (Å²) in [5, 5.41) is 18.5. The Morgan fingerprint density at radius 1 is 1.32 bits per heavy atom. The van der Waals surface area contributed by atoms with Crippen molar-refractivity contribution in [2.45, 2.75) is 32.2 Å². The summed E-state index contributed by atoms with van der Waals surface area (Å²) in [4.78, 5) is 22.9. The van der Waals surface area contributed by atoms with E-state index in [9.17, 15) is 9.59 Å². The predicted molar refractivity (Wildman–Crippen MR) is 93.2 cm³/mol. The van der Waals surface area contributed by atoms with E-state index in [1.807, 2.05) is 0 Å². The summed E-state index contributed by atoms with van der Waals surface area (Å²) in [7, 11) is 1.54. The van der Waals surface area contributed by atoms with Gasteiger partial charge in [-0.05, 0) is 32.4 Å². The number of carboxylic acid groups (broad SMARTS) is 1. The fraction of sp³-hybridized carbons (Fsp3) is 0.353. The number of methoxy groups -OCH3 is 1. The molecule has 0 spiro atoms. The molecule has 3 N–H and O–H groups in total. The number of hydrogen-bond acceptors (Lipinski definition) is 4. The largest absolute Gasteiger partial charge is 0.497 e. The highest BCUT2D eigenvalue weighted by Crippen LogP contribution is 2.23. The molecule has 2 amide bonds. The molecule has 2 aromatic rings. The van der Waals surface area contributed by atoms with E-state index in [1.54, 1.807) is 62.3 Å². The van der Waals surface area contributed by atoms with E-state index in [2.05, 4.69) is 15.7 Å². The number of benzene rings is 1. The Kier molecular flexibility index (Phi) is 5.63. The van der Waals surface area contributed by atoms with Gasteiger partial charge in [0.15, 0.2) is 0 Å². The van der Waals surface area contributed by atoms with Crippen LogP contribution in [0.5, 0.6) is 5.75 Å². The number of hydrogen-bond donors (Lipinski definition) is 3. The molecule has 134 valence electrons. The third-order valence-corrected chi connectivity index (χ3v) is 3.57. The van der Waals surface area contributed by atoms with Gasteiger partial charge in [-0.15, -0.1) is 0 Å². The molecule has 2 rings (SSSR count). The summed E-state index contributed by atoms with van der Waals surface area (Å²) in [5.74, 6) is -0.319. The number of nitrogens with zero attached hydrogens (tertiary/aromatic N) is 2. The Balaban J connectivity index is 2.09. The molecule has 0 fully saturated rings. The lowest BCUT2D eigenvalue weighted by molar-refractivity contribution is -0.137. The number of ether oxygens (including phenoxy) is 1. The van der Waals surface area contributed by atoms with Crippen molar-refractivity contribution in [1.29, 1.82) is 0 Å². The molecule has 0 aliphatic heterocycles. The van der Waals surface area contributed by atoms with E-state index in [4.69, 9.17) is 9.84 Å². The summed E-state index contributed by atoms with van der Waals surface area (Å²) in [6, 6.07) is 6.63. The third-order valence-electron chi connectivity index (χ3n) is 3.57. The number of nitrogens with one attached hydrogen (secondary N) is 2. The number of rotatable bonds is 7. The van der Waals surface area contributed by atoms with Crippen LogP contribution in [0.3, 0.4) is 0 Å². The number of aliphatic carboxylic acids is 1. The van der Waals surface area contributed by atoms with Crippen LogP contribution in [0.25, 0.3) is 5.69 Å². The van der Waals surface area contributed by atoms with Crippen LogP contribution >= 0.6 is 0 Å². The smallest absolute Gasteiger partial charge is 0.319 e. The molecule has 8 heteroatoms. The Labute approximate surface area is 145 Å². The molecule has 0 bridgehead atoms. The Bertz CT molecular complexity index is 741. The fourth-order valence-electron chi connectivity index (χ4n) is 2.28. The van der Waals surface area contributed by atoms with Crippen molar-refractivity contribution in [3.05, 3.63) is 36.7 Å². The zero-order valence-corrected chi connectivity index (χ0v) is 14.4. The summed E-state index contributed by atoms with van der Waals surface area (Å²) < 4.78 is 6.92. The SMILES string of the molecule is COc1cc(NC(=O)NC(C)(C)CCC(=O)O)cc(-n2cccn2)c1. The maximum Gasteiger partial charge on any atom is 0.319 e. The van der Waals surface area contributed by atoms with Crippen molar-refractivity contribution in [1.82, 2.24) is 15.1 Å². The maximum atomic E-state index is 12.2. The molecule has 0 atom stereocenters. The molecule has 1 aromatic heterocycles. The van der Waals surface area contributed by atoms with Crippen LogP contribution in [-0.2, 0) is 4.79 Å². The molecule has 0 aliphatic carbocycles. The number of aromatic nitrogens is 2. The van der Waals surface area contributed by atoms with E-state index >= 15 is 0 Å². The van der Waals surface area contributed by atoms with E-state index in [1.165, 1.54) is 0 Å². The van der Waals surface area contributed by atoms with Gasteiger partial charge in [0.1, 0.15) is 5.75 Å². The number of carboxylic acids is 1. The average molecular weight is 346 g/mol. The number of urea groups is 1. The molecule has 1 heterocycles. The topological polar surface area (TPSA) is 105 Å². The Morgan fingerprint density at radius 2 is 2.08 bits per heavy atom. The van der Waals surface area contributed by atoms with Crippen LogP contribution in [0.4, 0.5) is 10.5 Å². The molecular formula is C17H22N4O4. The number of anilines is 1. The monoisotopic (exact) mass is 346 g/mol. The molecule has 0 aliphatic rings. The van der Waals surface area contributed by atoms with Crippen LogP contribution < -0.4 is 15.4 Å². The van der Waals surface area contributed by atoms with Crippen LogP contribution in [0.2, 0.25) is 0 Å². The van der Waals surface area contributed by atoms with E-state index in [0.717, 1.165) is 5.69 Å². The van der Waals surface area contributed by atoms with E-state index in [-0.39, 0.29) is 6.42 Å². The molecule has 0 saturated heterocycles. The molecule has 0 unspecified atom stereocenters. The molecule has 0 radical (unpaired) electrons. The van der Waals surface area contributed by atoms with Crippen LogP contribution in [0, 0.1) is 0 Å². The predicted octanol–water partition coefficient (Wildman–Crippen LogP) is 2.65. The quantitative estimate of drug-likeness (QED) is 0.715. The summed E-state index contributed by atoms with van der Waals surface area (Å²) >= 11 is 0. The van der Waals surface area contributed by atoms with Crippen LogP contribution in [0.1, 0.15) is 26.7 Å². The van der Waals surface area contributed by atoms with Gasteiger partial charge in [-0.3, -0.25) is 4.79 Å². The van der Waals surface area contributed by atoms with Gasteiger partial charge < -0.3 is 20.5 Å². The van der Waals surface area contributed by atoms with Crippen molar-refractivity contribution >= 4 is 17.7 Å². The van der Waals surface area contributed by atoms with Gasteiger partial charge in [0.2, 0.25) is 0 Å². The van der Waals surface area contributed by atoms with Crippen LogP contribution in [0.15, 0.2) is 36.7 Å². The van der Waals surface area contributed by atoms with E-state index < -0.39 is 17.5 Å². The first-order valence-electron chi connectivity index (χ1n) is 7.79. The van der Waals surface area contributed by atoms with E-state index in [0.29, 0.717) is 17.9 Å². The standard InChI is InChI=1S/C17H22N4O4/c1-17(2,6-5-15(22)23)20-16(24)19-12-9-13(11-14(10-12)25-3)21-8-4-7-18-21/h4,7-11H,5-6H2,1-3H3,(H,22,23)(H2,19,20,24). The lowest BCUT2D eigenvalue weighted by atomic mass is 9.99. The minimum Gasteiger partial charge on any atom is -0.497 e. The van der Waals surface area contributed by atoms with Crippen molar-refractivity contribution in [3.8, 4) is 11.4 Å². The van der Waals surface area contributed by atoms with Crippen molar-refractivity contribution in [3.63, 3.8) is 0 Å². The van der Waals surface area contributed by atoms with Gasteiger partial charge >= 0.3 is 12.0 Å². The minimum atomic E-state index is -0.896. The number of carbonyl (C=O) groups excluding carboxylic acids is 1. The zero-order chi connectivity index (χ0) is 18.4. The highest BCUT2D eigenvalue weighted by molar-refractivity contribution is 5.90. The second-order valence-corrected chi connectivity index (χ2v) is 6.23. The van der Waals surface area contributed by atoms with Gasteiger partial charge in [0, 0.05) is 42.2 Å². The van der Waals surface area contributed by atoms with Gasteiger partial charge in [0.25, 0.3) is 0 Å². The lowest BCUT2D eigenvalue weighted by Gasteiger charge is -2.25. The van der Waals surface area contributed by atoms with Gasteiger partial charge in [-0.1, -0.05) is 0 Å². The second-order valence-electron chi connectivity index (χ2n) is 6.23. The lowest BCUT2D eigenvalue weighted by Crippen LogP contribution is -2.45. The van der Waals surface area contributed by atoms with Crippen LogP contribution in [-0.4, -0.2) is 39.5 Å². The molecule has 8 nitrogen and oxygen atoms in total. The van der Waals surface area contributed by atoms with Crippen molar-refractivity contribution in [2.24, 2.45) is 0 Å². The first-order valence-corrected chi connectivity index (χ1v) is 7.79.